The van der Waals surface area contributed by atoms with Crippen molar-refractivity contribution < 1.29 is 14.4 Å². The fourth-order valence-electron chi connectivity index (χ4n) is 3.66. The number of carbonyl (C=O) groups is 3. The Hall–Kier alpha value is -3.68. The van der Waals surface area contributed by atoms with Crippen molar-refractivity contribution in [2.75, 3.05) is 20.6 Å². The molecule has 4 aromatic rings. The van der Waals surface area contributed by atoms with Crippen LogP contribution < -0.4 is 5.32 Å². The van der Waals surface area contributed by atoms with Crippen LogP contribution in [0.15, 0.2) is 66.9 Å². The van der Waals surface area contributed by atoms with Gasteiger partial charge in [-0.15, -0.1) is 0 Å². The van der Waals surface area contributed by atoms with Crippen molar-refractivity contribution in [2.45, 2.75) is 6.42 Å². The number of aromatic nitrogens is 2. The third-order valence-electron chi connectivity index (χ3n) is 5.38. The molecule has 0 atom stereocenters. The first-order valence-corrected chi connectivity index (χ1v) is 11.5. The molecular formula is C26H22Cl2N4O3. The van der Waals surface area contributed by atoms with Crippen LogP contribution in [0.5, 0.6) is 0 Å². The van der Waals surface area contributed by atoms with Crippen LogP contribution in [0.2, 0.25) is 10.0 Å². The fourth-order valence-corrected chi connectivity index (χ4v) is 3.99. The van der Waals surface area contributed by atoms with Crippen molar-refractivity contribution in [3.63, 3.8) is 0 Å². The molecule has 2 heterocycles. The summed E-state index contributed by atoms with van der Waals surface area (Å²) >= 11 is 12.2. The maximum Gasteiger partial charge on any atom is 0.270 e. The Balaban J connectivity index is 1.52. The zero-order chi connectivity index (χ0) is 25.1. The van der Waals surface area contributed by atoms with Crippen molar-refractivity contribution >= 4 is 46.4 Å². The molecule has 0 unspecified atom stereocenters. The normalized spacial score (nSPS) is 10.9. The number of pyridine rings is 1. The minimum atomic E-state index is -0.429. The van der Waals surface area contributed by atoms with Crippen molar-refractivity contribution in [1.82, 2.24) is 19.6 Å². The van der Waals surface area contributed by atoms with Gasteiger partial charge in [-0.2, -0.15) is 0 Å². The Morgan fingerprint density at radius 3 is 2.46 bits per heavy atom. The Morgan fingerprint density at radius 1 is 1.00 bits per heavy atom. The average Bonchev–Trinajstić information content (AvgIpc) is 3.23. The lowest BCUT2D eigenvalue weighted by Gasteiger charge is -2.13. The molecule has 35 heavy (non-hydrogen) atoms. The summed E-state index contributed by atoms with van der Waals surface area (Å²) in [7, 11) is 3.26. The Bertz CT molecular complexity index is 1430. The molecule has 0 aliphatic heterocycles. The van der Waals surface area contributed by atoms with E-state index in [4.69, 9.17) is 23.2 Å². The van der Waals surface area contributed by atoms with Gasteiger partial charge in [0, 0.05) is 37.3 Å². The lowest BCUT2D eigenvalue weighted by molar-refractivity contribution is -0.117. The van der Waals surface area contributed by atoms with Gasteiger partial charge in [0.25, 0.3) is 11.8 Å². The van der Waals surface area contributed by atoms with Gasteiger partial charge in [-0.1, -0.05) is 47.5 Å². The van der Waals surface area contributed by atoms with Gasteiger partial charge in [-0.25, -0.2) is 4.98 Å². The highest BCUT2D eigenvalue weighted by Crippen LogP contribution is 2.26. The number of nitrogens with zero attached hydrogens (tertiary/aromatic N) is 3. The second-order valence-electron chi connectivity index (χ2n) is 8.16. The van der Waals surface area contributed by atoms with Crippen LogP contribution in [-0.4, -0.2) is 52.5 Å². The van der Waals surface area contributed by atoms with E-state index in [-0.39, 0.29) is 24.7 Å². The summed E-state index contributed by atoms with van der Waals surface area (Å²) in [4.78, 5) is 44.2. The lowest BCUT2D eigenvalue weighted by atomic mass is 10.0. The monoisotopic (exact) mass is 508 g/mol. The van der Waals surface area contributed by atoms with Gasteiger partial charge in [0.1, 0.15) is 17.0 Å². The molecule has 2 amide bonds. The molecule has 2 aromatic heterocycles. The second kappa shape index (κ2) is 10.3. The molecule has 2 aromatic carbocycles. The molecule has 0 aliphatic rings. The maximum atomic E-state index is 13.2. The van der Waals surface area contributed by atoms with E-state index in [2.05, 4.69) is 10.3 Å². The second-order valence-corrected chi connectivity index (χ2v) is 9.00. The number of nitrogens with one attached hydrogen (secondary N) is 1. The molecule has 0 saturated carbocycles. The standard InChI is InChI=1S/C26H22Cl2N4O3/c1-31(2)26(35)20-14-16(6-11-21(20)28)13-19(33)15-29-25(34)24-23(17-7-9-18(27)10-8-17)30-22-5-3-4-12-32(22)24/h3-12,14H,13,15H2,1-2H3,(H,29,34). The number of hydrogen-bond acceptors (Lipinski definition) is 4. The third kappa shape index (κ3) is 5.37. The van der Waals surface area contributed by atoms with Gasteiger partial charge in [-0.05, 0) is 42.0 Å². The summed E-state index contributed by atoms with van der Waals surface area (Å²) in [6, 6.07) is 17.4. The van der Waals surface area contributed by atoms with Crippen molar-refractivity contribution in [3.05, 3.63) is 93.7 Å². The van der Waals surface area contributed by atoms with Crippen LogP contribution in [0.1, 0.15) is 26.4 Å². The van der Waals surface area contributed by atoms with Crippen molar-refractivity contribution in [2.24, 2.45) is 0 Å². The number of carbonyl (C=O) groups excluding carboxylic acids is 3. The van der Waals surface area contributed by atoms with Gasteiger partial charge in [0.2, 0.25) is 0 Å². The molecule has 0 radical (unpaired) electrons. The molecule has 0 bridgehead atoms. The number of ketones is 1. The summed E-state index contributed by atoms with van der Waals surface area (Å²) in [6.07, 6.45) is 1.79. The highest BCUT2D eigenvalue weighted by atomic mass is 35.5. The summed E-state index contributed by atoms with van der Waals surface area (Å²) in [6.45, 7) is -0.182. The number of rotatable bonds is 7. The highest BCUT2D eigenvalue weighted by Gasteiger charge is 2.21. The van der Waals surface area contributed by atoms with Crippen LogP contribution in [0.3, 0.4) is 0 Å². The van der Waals surface area contributed by atoms with E-state index in [9.17, 15) is 14.4 Å². The molecule has 0 fully saturated rings. The van der Waals surface area contributed by atoms with E-state index in [0.29, 0.717) is 38.2 Å². The first-order valence-electron chi connectivity index (χ1n) is 10.8. The molecular weight excluding hydrogens is 487 g/mol. The minimum absolute atomic E-state index is 0.0440. The summed E-state index contributed by atoms with van der Waals surface area (Å²) in [5, 5.41) is 3.60. The predicted octanol–water partition coefficient (Wildman–Crippen LogP) is 4.55. The SMILES string of the molecule is CN(C)C(=O)c1cc(CC(=O)CNC(=O)c2c(-c3ccc(Cl)cc3)nc3ccccn23)ccc1Cl. The van der Waals surface area contributed by atoms with Crippen LogP contribution >= 0.6 is 23.2 Å². The first-order chi connectivity index (χ1) is 16.7. The third-order valence-corrected chi connectivity index (χ3v) is 5.96. The van der Waals surface area contributed by atoms with Gasteiger partial charge in [0.05, 0.1) is 17.1 Å². The summed E-state index contributed by atoms with van der Waals surface area (Å²) in [5.74, 6) is -0.896. The summed E-state index contributed by atoms with van der Waals surface area (Å²) in [5.41, 5.74) is 3.10. The van der Waals surface area contributed by atoms with E-state index in [1.54, 1.807) is 79.3 Å². The fraction of sp³-hybridized carbons (Fsp3) is 0.154. The molecule has 1 N–H and O–H groups in total. The molecule has 0 saturated heterocycles. The average molecular weight is 509 g/mol. The van der Waals surface area contributed by atoms with E-state index in [1.165, 1.54) is 4.90 Å². The van der Waals surface area contributed by atoms with E-state index >= 15 is 0 Å². The Morgan fingerprint density at radius 2 is 1.74 bits per heavy atom. The number of halogens is 2. The van der Waals surface area contributed by atoms with Gasteiger partial charge >= 0.3 is 0 Å². The zero-order valence-electron chi connectivity index (χ0n) is 19.1. The lowest BCUT2D eigenvalue weighted by Crippen LogP contribution is -2.31. The van der Waals surface area contributed by atoms with Crippen LogP contribution in [0, 0.1) is 0 Å². The molecule has 0 spiro atoms. The smallest absolute Gasteiger partial charge is 0.270 e. The highest BCUT2D eigenvalue weighted by molar-refractivity contribution is 6.33. The maximum absolute atomic E-state index is 13.2. The predicted molar refractivity (Wildman–Crippen MR) is 136 cm³/mol. The van der Waals surface area contributed by atoms with Gasteiger partial charge in [0.15, 0.2) is 5.78 Å². The minimum Gasteiger partial charge on any atom is -0.345 e. The molecule has 0 aliphatic carbocycles. The van der Waals surface area contributed by atoms with E-state index in [1.807, 2.05) is 6.07 Å². The van der Waals surface area contributed by atoms with Crippen LogP contribution in [0.4, 0.5) is 0 Å². The van der Waals surface area contributed by atoms with E-state index in [0.717, 1.165) is 5.56 Å². The van der Waals surface area contributed by atoms with Crippen LogP contribution in [-0.2, 0) is 11.2 Å². The van der Waals surface area contributed by atoms with Crippen molar-refractivity contribution in [1.29, 1.82) is 0 Å². The number of Topliss-reactive ketones (excluding diaryl/α,β-unsaturated/α-hetero) is 1. The topological polar surface area (TPSA) is 83.8 Å². The quantitative estimate of drug-likeness (QED) is 0.396. The summed E-state index contributed by atoms with van der Waals surface area (Å²) < 4.78 is 1.68. The molecule has 7 nitrogen and oxygen atoms in total. The molecule has 4 rings (SSSR count). The Labute approximate surface area is 212 Å². The largest absolute Gasteiger partial charge is 0.345 e. The number of benzene rings is 2. The first kappa shape index (κ1) is 24.4. The van der Waals surface area contributed by atoms with Gasteiger partial charge in [-0.3, -0.25) is 18.8 Å². The van der Waals surface area contributed by atoms with E-state index < -0.39 is 5.91 Å². The van der Waals surface area contributed by atoms with Gasteiger partial charge < -0.3 is 10.2 Å². The number of amides is 2. The van der Waals surface area contributed by atoms with Crippen molar-refractivity contribution in [3.8, 4) is 11.3 Å². The number of fused-ring (bicyclic) bond motifs is 1. The molecule has 9 heteroatoms. The van der Waals surface area contributed by atoms with Crippen LogP contribution in [0.25, 0.3) is 16.9 Å². The number of imidazole rings is 1. The molecule has 178 valence electrons. The zero-order valence-corrected chi connectivity index (χ0v) is 20.6. The number of hydrogen-bond donors (Lipinski definition) is 1. The Kier molecular flexibility index (Phi) is 7.19.